The predicted molar refractivity (Wildman–Crippen MR) is 111 cm³/mol. The van der Waals surface area contributed by atoms with Crippen molar-refractivity contribution >= 4 is 45.6 Å². The summed E-state index contributed by atoms with van der Waals surface area (Å²) in [7, 11) is 0. The number of para-hydroxylation sites is 1. The molecule has 1 atom stereocenters. The molecule has 7 nitrogen and oxygen atoms in total. The minimum Gasteiger partial charge on any atom is -0.486 e. The largest absolute Gasteiger partial charge is 0.486 e. The normalized spacial score (nSPS) is 16.1. The lowest BCUT2D eigenvalue weighted by Crippen LogP contribution is -2.28. The van der Waals surface area contributed by atoms with Gasteiger partial charge in [0.05, 0.1) is 5.92 Å². The maximum absolute atomic E-state index is 12.6. The summed E-state index contributed by atoms with van der Waals surface area (Å²) in [5.74, 6) is -0.0931. The molecule has 1 fully saturated rings. The van der Waals surface area contributed by atoms with E-state index in [2.05, 4.69) is 15.5 Å². The van der Waals surface area contributed by atoms with Crippen molar-refractivity contribution in [3.8, 4) is 5.75 Å². The van der Waals surface area contributed by atoms with Crippen LogP contribution in [0.25, 0.3) is 0 Å². The molecule has 1 aromatic heterocycles. The first-order chi connectivity index (χ1) is 14.1. The molecule has 0 bridgehead atoms. The van der Waals surface area contributed by atoms with E-state index in [0.717, 1.165) is 5.75 Å². The Kier molecular flexibility index (Phi) is 5.73. The van der Waals surface area contributed by atoms with E-state index in [1.165, 1.54) is 11.3 Å². The Bertz CT molecular complexity index is 1030. The summed E-state index contributed by atoms with van der Waals surface area (Å²) in [5.41, 5.74) is 0.689. The number of halogens is 1. The zero-order valence-corrected chi connectivity index (χ0v) is 16.8. The number of nitrogens with one attached hydrogen (secondary N) is 1. The summed E-state index contributed by atoms with van der Waals surface area (Å²) in [4.78, 5) is 26.5. The number of nitrogens with zero attached hydrogens (tertiary/aromatic N) is 3. The lowest BCUT2D eigenvalue weighted by atomic mass is 10.1. The molecule has 2 amide bonds. The summed E-state index contributed by atoms with van der Waals surface area (Å²) >= 11 is 7.25. The molecular weight excluding hydrogens is 412 g/mol. The number of ether oxygens (including phenoxy) is 1. The Labute approximate surface area is 176 Å². The van der Waals surface area contributed by atoms with E-state index in [1.807, 2.05) is 30.3 Å². The van der Waals surface area contributed by atoms with E-state index >= 15 is 0 Å². The van der Waals surface area contributed by atoms with Crippen LogP contribution in [0.1, 0.15) is 11.4 Å². The predicted octanol–water partition coefficient (Wildman–Crippen LogP) is 3.76. The second-order valence-electron chi connectivity index (χ2n) is 6.48. The van der Waals surface area contributed by atoms with Crippen LogP contribution < -0.4 is 15.0 Å². The average Bonchev–Trinajstić information content (AvgIpc) is 3.33. The van der Waals surface area contributed by atoms with E-state index in [9.17, 15) is 9.59 Å². The molecular formula is C20H17ClN4O3S. The van der Waals surface area contributed by atoms with Crippen molar-refractivity contribution in [2.24, 2.45) is 5.92 Å². The molecule has 1 aliphatic rings. The lowest BCUT2D eigenvalue weighted by molar-refractivity contribution is -0.122. The molecule has 4 rings (SSSR count). The van der Waals surface area contributed by atoms with Crippen molar-refractivity contribution in [2.45, 2.75) is 13.0 Å². The first kappa shape index (κ1) is 19.4. The van der Waals surface area contributed by atoms with Crippen LogP contribution in [0.15, 0.2) is 54.6 Å². The first-order valence-corrected chi connectivity index (χ1v) is 10.1. The fraction of sp³-hybridized carbons (Fsp3) is 0.200. The fourth-order valence-corrected chi connectivity index (χ4v) is 3.85. The number of anilines is 2. The van der Waals surface area contributed by atoms with Crippen molar-refractivity contribution in [1.29, 1.82) is 0 Å². The Morgan fingerprint density at radius 3 is 2.83 bits per heavy atom. The van der Waals surface area contributed by atoms with Gasteiger partial charge in [0.1, 0.15) is 12.4 Å². The van der Waals surface area contributed by atoms with Gasteiger partial charge in [0.15, 0.2) is 5.01 Å². The molecule has 2 heterocycles. The number of carbonyl (C=O) groups excluding carboxylic acids is 2. The third-order valence-electron chi connectivity index (χ3n) is 4.42. The van der Waals surface area contributed by atoms with Crippen molar-refractivity contribution in [3.63, 3.8) is 0 Å². The van der Waals surface area contributed by atoms with E-state index in [-0.39, 0.29) is 24.8 Å². The molecule has 0 radical (unpaired) electrons. The molecule has 0 saturated carbocycles. The molecule has 0 unspecified atom stereocenters. The van der Waals surface area contributed by atoms with Gasteiger partial charge in [-0.1, -0.05) is 47.2 Å². The quantitative estimate of drug-likeness (QED) is 0.646. The third-order valence-corrected chi connectivity index (χ3v) is 5.47. The number of hydrogen-bond acceptors (Lipinski definition) is 6. The van der Waals surface area contributed by atoms with Crippen LogP contribution in [0.2, 0.25) is 5.02 Å². The number of benzene rings is 2. The van der Waals surface area contributed by atoms with Crippen LogP contribution >= 0.6 is 22.9 Å². The Morgan fingerprint density at radius 1 is 1.21 bits per heavy atom. The van der Waals surface area contributed by atoms with E-state index in [1.54, 1.807) is 29.2 Å². The van der Waals surface area contributed by atoms with E-state index < -0.39 is 5.92 Å². The number of amides is 2. The molecule has 1 aliphatic heterocycles. The summed E-state index contributed by atoms with van der Waals surface area (Å²) in [6, 6.07) is 16.4. The van der Waals surface area contributed by atoms with Crippen LogP contribution in [-0.2, 0) is 16.2 Å². The van der Waals surface area contributed by atoms with Crippen LogP contribution in [0.4, 0.5) is 10.8 Å². The highest BCUT2D eigenvalue weighted by Gasteiger charge is 2.35. The second-order valence-corrected chi connectivity index (χ2v) is 7.98. The topological polar surface area (TPSA) is 84.4 Å². The minimum absolute atomic E-state index is 0.110. The van der Waals surface area contributed by atoms with Crippen LogP contribution in [0, 0.1) is 5.92 Å². The number of carbonyl (C=O) groups is 2. The highest BCUT2D eigenvalue weighted by atomic mass is 35.5. The summed E-state index contributed by atoms with van der Waals surface area (Å²) < 4.78 is 5.63. The first-order valence-electron chi connectivity index (χ1n) is 8.95. The van der Waals surface area contributed by atoms with Crippen molar-refractivity contribution in [2.75, 3.05) is 16.8 Å². The Balaban J connectivity index is 1.34. The molecule has 29 heavy (non-hydrogen) atoms. The second kappa shape index (κ2) is 8.59. The van der Waals surface area contributed by atoms with E-state index in [0.29, 0.717) is 27.4 Å². The van der Waals surface area contributed by atoms with Gasteiger partial charge in [0.25, 0.3) is 0 Å². The highest BCUT2D eigenvalue weighted by molar-refractivity contribution is 7.15. The number of aromatic nitrogens is 2. The standard InChI is InChI=1S/C20H17ClN4O3S/c21-14-5-4-6-15(10-14)25-11-13(9-18(25)26)19(27)22-20-24-23-17(29-20)12-28-16-7-2-1-3-8-16/h1-8,10,13H,9,11-12H2,(H,22,24,27)/t13-/m1/s1. The smallest absolute Gasteiger partial charge is 0.231 e. The third kappa shape index (κ3) is 4.72. The van der Waals surface area contributed by atoms with Gasteiger partial charge >= 0.3 is 0 Å². The number of rotatable bonds is 6. The van der Waals surface area contributed by atoms with Crippen molar-refractivity contribution in [1.82, 2.24) is 10.2 Å². The zero-order valence-electron chi connectivity index (χ0n) is 15.2. The van der Waals surface area contributed by atoms with E-state index in [4.69, 9.17) is 16.3 Å². The minimum atomic E-state index is -0.464. The van der Waals surface area contributed by atoms with Gasteiger partial charge in [-0.3, -0.25) is 9.59 Å². The summed E-state index contributed by atoms with van der Waals surface area (Å²) in [5, 5.41) is 12.3. The number of hydrogen-bond donors (Lipinski definition) is 1. The van der Waals surface area contributed by atoms with Crippen LogP contribution in [-0.4, -0.2) is 28.6 Å². The molecule has 3 aromatic rings. The van der Waals surface area contributed by atoms with Gasteiger partial charge < -0.3 is 15.0 Å². The molecule has 1 saturated heterocycles. The van der Waals surface area contributed by atoms with Crippen molar-refractivity contribution < 1.29 is 14.3 Å². The molecule has 9 heteroatoms. The maximum Gasteiger partial charge on any atom is 0.231 e. The van der Waals surface area contributed by atoms with Gasteiger partial charge in [-0.05, 0) is 30.3 Å². The fourth-order valence-electron chi connectivity index (χ4n) is 3.01. The monoisotopic (exact) mass is 428 g/mol. The van der Waals surface area contributed by atoms with Gasteiger partial charge in [0.2, 0.25) is 16.9 Å². The molecule has 0 aliphatic carbocycles. The highest BCUT2D eigenvalue weighted by Crippen LogP contribution is 2.28. The Hall–Kier alpha value is -2.97. The van der Waals surface area contributed by atoms with Gasteiger partial charge in [0, 0.05) is 23.7 Å². The van der Waals surface area contributed by atoms with Crippen LogP contribution in [0.5, 0.6) is 5.75 Å². The summed E-state index contributed by atoms with van der Waals surface area (Å²) in [6.07, 6.45) is 0.140. The summed E-state index contributed by atoms with van der Waals surface area (Å²) in [6.45, 7) is 0.565. The van der Waals surface area contributed by atoms with Gasteiger partial charge in [-0.25, -0.2) is 0 Å². The zero-order chi connectivity index (χ0) is 20.2. The van der Waals surface area contributed by atoms with Crippen LogP contribution in [0.3, 0.4) is 0 Å². The van der Waals surface area contributed by atoms with Crippen molar-refractivity contribution in [3.05, 3.63) is 64.6 Å². The van der Waals surface area contributed by atoms with Gasteiger partial charge in [-0.2, -0.15) is 0 Å². The lowest BCUT2D eigenvalue weighted by Gasteiger charge is -2.16. The molecule has 1 N–H and O–H groups in total. The SMILES string of the molecule is O=C(Nc1nnc(COc2ccccc2)s1)[C@@H]1CC(=O)N(c2cccc(Cl)c2)C1. The molecule has 148 valence electrons. The van der Waals surface area contributed by atoms with Gasteiger partial charge in [-0.15, -0.1) is 10.2 Å². The average molecular weight is 429 g/mol. The molecule has 0 spiro atoms. The Morgan fingerprint density at radius 2 is 2.03 bits per heavy atom. The maximum atomic E-state index is 12.6. The molecule has 2 aromatic carbocycles.